The number of anilines is 1. The van der Waals surface area contributed by atoms with Gasteiger partial charge in [-0.05, 0) is 25.0 Å². The summed E-state index contributed by atoms with van der Waals surface area (Å²) in [4.78, 5) is 22.9. The Balaban J connectivity index is 1.43. The molecule has 1 atom stereocenters. The number of carbonyl (C=O) groups is 1. The predicted octanol–water partition coefficient (Wildman–Crippen LogP) is 1.89. The van der Waals surface area contributed by atoms with Gasteiger partial charge in [0, 0.05) is 25.5 Å². The maximum absolute atomic E-state index is 12.4. The van der Waals surface area contributed by atoms with Gasteiger partial charge >= 0.3 is 0 Å². The molecule has 0 spiro atoms. The van der Waals surface area contributed by atoms with Gasteiger partial charge in [-0.2, -0.15) is 0 Å². The number of rotatable bonds is 6. The third-order valence-electron chi connectivity index (χ3n) is 4.08. The Labute approximate surface area is 141 Å². The summed E-state index contributed by atoms with van der Waals surface area (Å²) in [6.45, 7) is 2.58. The minimum atomic E-state index is -0.0162. The van der Waals surface area contributed by atoms with Gasteiger partial charge in [0.2, 0.25) is 5.91 Å². The second kappa shape index (κ2) is 8.29. The second-order valence-corrected chi connectivity index (χ2v) is 5.80. The molecule has 1 aromatic heterocycles. The van der Waals surface area contributed by atoms with Gasteiger partial charge in [0.05, 0.1) is 18.7 Å². The zero-order valence-electron chi connectivity index (χ0n) is 13.6. The van der Waals surface area contributed by atoms with Crippen molar-refractivity contribution >= 4 is 11.7 Å². The van der Waals surface area contributed by atoms with Crippen LogP contribution >= 0.6 is 0 Å². The summed E-state index contributed by atoms with van der Waals surface area (Å²) < 4.78 is 5.59. The zero-order valence-corrected chi connectivity index (χ0v) is 13.6. The maximum atomic E-state index is 12.4. The van der Waals surface area contributed by atoms with Crippen LogP contribution in [0, 0.1) is 5.92 Å². The third kappa shape index (κ3) is 4.44. The third-order valence-corrected chi connectivity index (χ3v) is 4.08. The number of piperidine rings is 1. The van der Waals surface area contributed by atoms with Crippen LogP contribution < -0.4 is 15.0 Å². The summed E-state index contributed by atoms with van der Waals surface area (Å²) in [6.07, 6.45) is 6.97. The molecule has 6 heteroatoms. The van der Waals surface area contributed by atoms with E-state index < -0.39 is 0 Å². The zero-order chi connectivity index (χ0) is 16.6. The minimum Gasteiger partial charge on any atom is -0.492 e. The quantitative estimate of drug-likeness (QED) is 0.821. The van der Waals surface area contributed by atoms with Crippen molar-refractivity contribution in [2.75, 3.05) is 31.1 Å². The average Bonchev–Trinajstić information content (AvgIpc) is 2.67. The molecule has 2 aromatic rings. The number of nitrogens with zero attached hydrogens (tertiary/aromatic N) is 3. The Morgan fingerprint density at radius 3 is 2.96 bits per heavy atom. The first-order valence-corrected chi connectivity index (χ1v) is 8.29. The number of para-hydroxylation sites is 1. The maximum Gasteiger partial charge on any atom is 0.225 e. The summed E-state index contributed by atoms with van der Waals surface area (Å²) >= 11 is 0. The Morgan fingerprint density at radius 1 is 1.29 bits per heavy atom. The molecule has 0 saturated carbocycles. The number of nitrogens with one attached hydrogen (secondary N) is 1. The van der Waals surface area contributed by atoms with Crippen LogP contribution in [0.5, 0.6) is 5.75 Å². The van der Waals surface area contributed by atoms with Gasteiger partial charge in [0.15, 0.2) is 0 Å². The first kappa shape index (κ1) is 16.2. The molecule has 1 aliphatic rings. The summed E-state index contributed by atoms with van der Waals surface area (Å²) in [7, 11) is 0. The van der Waals surface area contributed by atoms with Crippen molar-refractivity contribution in [1.29, 1.82) is 0 Å². The molecule has 0 radical (unpaired) electrons. The molecule has 1 aromatic carbocycles. The van der Waals surface area contributed by atoms with Crippen LogP contribution in [0.1, 0.15) is 12.8 Å². The molecular formula is C18H22N4O2. The molecule has 0 aliphatic carbocycles. The fourth-order valence-corrected chi connectivity index (χ4v) is 2.86. The highest BCUT2D eigenvalue weighted by atomic mass is 16.5. The number of ether oxygens (including phenoxy) is 1. The number of benzene rings is 1. The van der Waals surface area contributed by atoms with Crippen LogP contribution in [0.2, 0.25) is 0 Å². The number of carbonyl (C=O) groups excluding carboxylic acids is 1. The normalized spacial score (nSPS) is 17.3. The van der Waals surface area contributed by atoms with E-state index >= 15 is 0 Å². The topological polar surface area (TPSA) is 67.3 Å². The first-order valence-electron chi connectivity index (χ1n) is 8.29. The molecule has 126 valence electrons. The number of amides is 1. The molecule has 1 fully saturated rings. The van der Waals surface area contributed by atoms with Crippen molar-refractivity contribution in [3.63, 3.8) is 0 Å². The standard InChI is InChI=1S/C18H22N4O2/c23-18(21-10-12-24-16-6-2-1-3-7-16)15-5-4-11-22(14-15)17-13-19-8-9-20-17/h1-3,6-9,13,15H,4-5,10-12,14H2,(H,21,23). The molecule has 2 heterocycles. The van der Waals surface area contributed by atoms with Gasteiger partial charge in [-0.1, -0.05) is 18.2 Å². The van der Waals surface area contributed by atoms with Crippen molar-refractivity contribution < 1.29 is 9.53 Å². The molecule has 3 rings (SSSR count). The van der Waals surface area contributed by atoms with Gasteiger partial charge in [0.1, 0.15) is 18.2 Å². The van der Waals surface area contributed by atoms with E-state index in [1.165, 1.54) is 0 Å². The number of hydrogen-bond acceptors (Lipinski definition) is 5. The van der Waals surface area contributed by atoms with Crippen molar-refractivity contribution in [3.05, 3.63) is 48.9 Å². The van der Waals surface area contributed by atoms with Crippen LogP contribution in [0.3, 0.4) is 0 Å². The van der Waals surface area contributed by atoms with E-state index in [4.69, 9.17) is 4.74 Å². The Bertz CT molecular complexity index is 636. The SMILES string of the molecule is O=C(NCCOc1ccccc1)C1CCCN(c2cnccn2)C1. The van der Waals surface area contributed by atoms with Crippen molar-refractivity contribution in [3.8, 4) is 5.75 Å². The van der Waals surface area contributed by atoms with E-state index in [0.29, 0.717) is 19.7 Å². The highest BCUT2D eigenvalue weighted by Crippen LogP contribution is 2.20. The lowest BCUT2D eigenvalue weighted by molar-refractivity contribution is -0.125. The Hall–Kier alpha value is -2.63. The monoisotopic (exact) mass is 326 g/mol. The molecule has 1 amide bonds. The largest absolute Gasteiger partial charge is 0.492 e. The van der Waals surface area contributed by atoms with E-state index in [1.54, 1.807) is 18.6 Å². The molecular weight excluding hydrogens is 304 g/mol. The molecule has 1 aliphatic heterocycles. The van der Waals surface area contributed by atoms with Crippen LogP contribution in [0.4, 0.5) is 5.82 Å². The molecule has 6 nitrogen and oxygen atoms in total. The molecule has 1 saturated heterocycles. The van der Waals surface area contributed by atoms with Crippen LogP contribution in [-0.2, 0) is 4.79 Å². The Kier molecular flexibility index (Phi) is 5.61. The van der Waals surface area contributed by atoms with Crippen LogP contribution in [0.15, 0.2) is 48.9 Å². The van der Waals surface area contributed by atoms with Gasteiger partial charge in [0.25, 0.3) is 0 Å². The highest BCUT2D eigenvalue weighted by molar-refractivity contribution is 5.79. The predicted molar refractivity (Wildman–Crippen MR) is 91.9 cm³/mol. The lowest BCUT2D eigenvalue weighted by Crippen LogP contribution is -2.44. The lowest BCUT2D eigenvalue weighted by atomic mass is 9.97. The van der Waals surface area contributed by atoms with E-state index in [2.05, 4.69) is 20.2 Å². The number of hydrogen-bond donors (Lipinski definition) is 1. The fourth-order valence-electron chi connectivity index (χ4n) is 2.86. The van der Waals surface area contributed by atoms with Gasteiger partial charge in [-0.3, -0.25) is 9.78 Å². The van der Waals surface area contributed by atoms with E-state index in [9.17, 15) is 4.79 Å². The molecule has 0 bridgehead atoms. The summed E-state index contributed by atoms with van der Waals surface area (Å²) in [5.41, 5.74) is 0. The van der Waals surface area contributed by atoms with E-state index in [-0.39, 0.29) is 11.8 Å². The number of aromatic nitrogens is 2. The van der Waals surface area contributed by atoms with E-state index in [1.807, 2.05) is 30.3 Å². The average molecular weight is 326 g/mol. The van der Waals surface area contributed by atoms with Gasteiger partial charge in [-0.25, -0.2) is 4.98 Å². The minimum absolute atomic E-state index is 0.0162. The fraction of sp³-hybridized carbons (Fsp3) is 0.389. The van der Waals surface area contributed by atoms with Gasteiger partial charge < -0.3 is 15.0 Å². The van der Waals surface area contributed by atoms with Crippen molar-refractivity contribution in [2.24, 2.45) is 5.92 Å². The smallest absolute Gasteiger partial charge is 0.225 e. The second-order valence-electron chi connectivity index (χ2n) is 5.80. The Morgan fingerprint density at radius 2 is 2.17 bits per heavy atom. The van der Waals surface area contributed by atoms with Crippen LogP contribution in [-0.4, -0.2) is 42.1 Å². The summed E-state index contributed by atoms with van der Waals surface area (Å²) in [6, 6.07) is 9.61. The first-order chi connectivity index (χ1) is 11.8. The van der Waals surface area contributed by atoms with E-state index in [0.717, 1.165) is 31.0 Å². The van der Waals surface area contributed by atoms with Crippen molar-refractivity contribution in [2.45, 2.75) is 12.8 Å². The lowest BCUT2D eigenvalue weighted by Gasteiger charge is -2.32. The summed E-state index contributed by atoms with van der Waals surface area (Å²) in [5, 5.41) is 2.97. The molecule has 1 unspecified atom stereocenters. The van der Waals surface area contributed by atoms with Crippen LogP contribution in [0.25, 0.3) is 0 Å². The highest BCUT2D eigenvalue weighted by Gasteiger charge is 2.26. The molecule has 1 N–H and O–H groups in total. The summed E-state index contributed by atoms with van der Waals surface area (Å²) in [5.74, 6) is 1.72. The van der Waals surface area contributed by atoms with Gasteiger partial charge in [-0.15, -0.1) is 0 Å². The molecule has 24 heavy (non-hydrogen) atoms. The van der Waals surface area contributed by atoms with Crippen molar-refractivity contribution in [1.82, 2.24) is 15.3 Å².